The minimum atomic E-state index is -1.27. The number of hydrogen-bond donors (Lipinski definition) is 2. The molecule has 6 heteroatoms. The Morgan fingerprint density at radius 2 is 2.06 bits per heavy atom. The molecule has 0 unspecified atom stereocenters. The molecule has 0 bridgehead atoms. The Bertz CT molecular complexity index is 447. The SMILES string of the molecule is O=C([O-])[C@@H]1C[C@@H](Nc2ccc(Cl)cc2)C(=O)N1. The second kappa shape index (κ2) is 4.63. The third kappa shape index (κ3) is 2.68. The summed E-state index contributed by atoms with van der Waals surface area (Å²) in [7, 11) is 0. The molecule has 2 atom stereocenters. The lowest BCUT2D eigenvalue weighted by molar-refractivity contribution is -0.308. The summed E-state index contributed by atoms with van der Waals surface area (Å²) in [4.78, 5) is 22.1. The average molecular weight is 254 g/mol. The molecule has 90 valence electrons. The van der Waals surface area contributed by atoms with Gasteiger partial charge in [-0.05, 0) is 24.3 Å². The zero-order chi connectivity index (χ0) is 12.4. The lowest BCUT2D eigenvalue weighted by Gasteiger charge is -2.12. The molecule has 0 spiro atoms. The number of amides is 1. The van der Waals surface area contributed by atoms with E-state index in [0.29, 0.717) is 10.7 Å². The first-order valence-corrected chi connectivity index (χ1v) is 5.47. The number of carboxylic acid groups (broad SMARTS) is 1. The summed E-state index contributed by atoms with van der Waals surface area (Å²) in [5, 5.41) is 16.5. The third-order valence-corrected chi connectivity index (χ3v) is 2.83. The lowest BCUT2D eigenvalue weighted by atomic mass is 10.1. The summed E-state index contributed by atoms with van der Waals surface area (Å²) in [6, 6.07) is 5.34. The van der Waals surface area contributed by atoms with Gasteiger partial charge in [-0.15, -0.1) is 0 Å². The van der Waals surface area contributed by atoms with E-state index in [9.17, 15) is 14.7 Å². The molecule has 1 heterocycles. The van der Waals surface area contributed by atoms with E-state index in [1.807, 2.05) is 0 Å². The minimum absolute atomic E-state index is 0.170. The molecule has 2 N–H and O–H groups in total. The standard InChI is InChI=1S/C11H11ClN2O3/c12-6-1-3-7(4-2-6)13-8-5-9(11(16)17)14-10(8)15/h1-4,8-9,13H,5H2,(H,14,15)(H,16,17)/p-1/t8-,9+/m1/s1. The Balaban J connectivity index is 2.02. The van der Waals surface area contributed by atoms with Gasteiger partial charge < -0.3 is 20.5 Å². The molecule has 0 radical (unpaired) electrons. The highest BCUT2D eigenvalue weighted by Gasteiger charge is 2.32. The van der Waals surface area contributed by atoms with Crippen LogP contribution in [-0.4, -0.2) is 24.0 Å². The minimum Gasteiger partial charge on any atom is -0.548 e. The Hall–Kier alpha value is -1.75. The first-order valence-electron chi connectivity index (χ1n) is 5.09. The van der Waals surface area contributed by atoms with Crippen LogP contribution in [0.3, 0.4) is 0 Å². The van der Waals surface area contributed by atoms with E-state index < -0.39 is 18.1 Å². The van der Waals surface area contributed by atoms with Crippen LogP contribution in [0.4, 0.5) is 5.69 Å². The highest BCUT2D eigenvalue weighted by atomic mass is 35.5. The van der Waals surface area contributed by atoms with Gasteiger partial charge in [0.1, 0.15) is 6.04 Å². The number of carboxylic acids is 1. The summed E-state index contributed by atoms with van der Waals surface area (Å²) in [6.07, 6.45) is 0.170. The Kier molecular flexibility index (Phi) is 3.19. The van der Waals surface area contributed by atoms with Crippen LogP contribution in [0.5, 0.6) is 0 Å². The fraction of sp³-hybridized carbons (Fsp3) is 0.273. The van der Waals surface area contributed by atoms with Crippen LogP contribution >= 0.6 is 11.6 Å². The fourth-order valence-electron chi connectivity index (χ4n) is 1.70. The molecular formula is C11H10ClN2O3-. The smallest absolute Gasteiger partial charge is 0.243 e. The summed E-state index contributed by atoms with van der Waals surface area (Å²) >= 11 is 5.73. The van der Waals surface area contributed by atoms with E-state index in [-0.39, 0.29) is 12.3 Å². The summed E-state index contributed by atoms with van der Waals surface area (Å²) in [6.45, 7) is 0. The lowest BCUT2D eigenvalue weighted by Crippen LogP contribution is -2.42. The highest BCUT2D eigenvalue weighted by molar-refractivity contribution is 6.30. The molecule has 1 aliphatic heterocycles. The van der Waals surface area contributed by atoms with Crippen LogP contribution in [0.2, 0.25) is 5.02 Å². The second-order valence-electron chi connectivity index (χ2n) is 3.82. The Morgan fingerprint density at radius 3 is 2.59 bits per heavy atom. The monoisotopic (exact) mass is 253 g/mol. The van der Waals surface area contributed by atoms with Gasteiger partial charge in [0.05, 0.1) is 12.0 Å². The average Bonchev–Trinajstić information content (AvgIpc) is 2.64. The van der Waals surface area contributed by atoms with Crippen molar-refractivity contribution < 1.29 is 14.7 Å². The van der Waals surface area contributed by atoms with Crippen LogP contribution in [0.1, 0.15) is 6.42 Å². The maximum atomic E-state index is 11.5. The molecule has 1 fully saturated rings. The van der Waals surface area contributed by atoms with Crippen LogP contribution in [-0.2, 0) is 9.59 Å². The normalized spacial score (nSPS) is 23.2. The van der Waals surface area contributed by atoms with E-state index in [4.69, 9.17) is 11.6 Å². The van der Waals surface area contributed by atoms with Crippen LogP contribution in [0.15, 0.2) is 24.3 Å². The fourth-order valence-corrected chi connectivity index (χ4v) is 1.83. The number of anilines is 1. The van der Waals surface area contributed by atoms with Crippen molar-refractivity contribution in [3.05, 3.63) is 29.3 Å². The third-order valence-electron chi connectivity index (χ3n) is 2.57. The van der Waals surface area contributed by atoms with E-state index in [1.54, 1.807) is 24.3 Å². The molecule has 5 nitrogen and oxygen atoms in total. The van der Waals surface area contributed by atoms with E-state index >= 15 is 0 Å². The van der Waals surface area contributed by atoms with Gasteiger partial charge in [-0.3, -0.25) is 4.79 Å². The number of aliphatic carboxylic acids is 1. The van der Waals surface area contributed by atoms with Crippen molar-refractivity contribution in [2.45, 2.75) is 18.5 Å². The number of nitrogens with one attached hydrogen (secondary N) is 2. The van der Waals surface area contributed by atoms with Gasteiger partial charge in [0.25, 0.3) is 0 Å². The Labute approximate surface area is 103 Å². The van der Waals surface area contributed by atoms with Crippen molar-refractivity contribution in [3.63, 3.8) is 0 Å². The van der Waals surface area contributed by atoms with Crippen LogP contribution in [0.25, 0.3) is 0 Å². The van der Waals surface area contributed by atoms with Gasteiger partial charge >= 0.3 is 0 Å². The van der Waals surface area contributed by atoms with Crippen molar-refractivity contribution in [1.29, 1.82) is 0 Å². The van der Waals surface area contributed by atoms with Gasteiger partial charge in [0.15, 0.2) is 0 Å². The predicted molar refractivity (Wildman–Crippen MR) is 60.4 cm³/mol. The zero-order valence-corrected chi connectivity index (χ0v) is 9.53. The first kappa shape index (κ1) is 11.7. The predicted octanol–water partition coefficient (Wildman–Crippen LogP) is -0.241. The van der Waals surface area contributed by atoms with Gasteiger partial charge in [-0.1, -0.05) is 11.6 Å². The van der Waals surface area contributed by atoms with Gasteiger partial charge in [-0.25, -0.2) is 0 Å². The van der Waals surface area contributed by atoms with Gasteiger partial charge in [-0.2, -0.15) is 0 Å². The number of rotatable bonds is 3. The molecule has 1 aromatic carbocycles. The molecule has 2 rings (SSSR count). The van der Waals surface area contributed by atoms with E-state index in [2.05, 4.69) is 10.6 Å². The largest absolute Gasteiger partial charge is 0.548 e. The summed E-state index contributed by atoms with van der Waals surface area (Å²) in [5.74, 6) is -1.60. The molecule has 1 aromatic rings. The number of carbonyl (C=O) groups is 2. The molecule has 1 aliphatic rings. The molecule has 0 saturated carbocycles. The van der Waals surface area contributed by atoms with Crippen molar-refractivity contribution >= 4 is 29.2 Å². The van der Waals surface area contributed by atoms with Gasteiger partial charge in [0, 0.05) is 17.1 Å². The second-order valence-corrected chi connectivity index (χ2v) is 4.26. The molecule has 0 aliphatic carbocycles. The number of halogens is 1. The first-order chi connectivity index (χ1) is 8.06. The maximum absolute atomic E-state index is 11.5. The van der Waals surface area contributed by atoms with E-state index in [1.165, 1.54) is 0 Å². The zero-order valence-electron chi connectivity index (χ0n) is 8.77. The quantitative estimate of drug-likeness (QED) is 0.779. The molecular weight excluding hydrogens is 244 g/mol. The molecule has 1 amide bonds. The molecule has 1 saturated heterocycles. The molecule has 17 heavy (non-hydrogen) atoms. The topological polar surface area (TPSA) is 81.3 Å². The number of hydrogen-bond acceptors (Lipinski definition) is 4. The summed E-state index contributed by atoms with van der Waals surface area (Å²) < 4.78 is 0. The number of benzene rings is 1. The molecule has 0 aromatic heterocycles. The van der Waals surface area contributed by atoms with Crippen molar-refractivity contribution in [2.24, 2.45) is 0 Å². The van der Waals surface area contributed by atoms with Crippen molar-refractivity contribution in [2.75, 3.05) is 5.32 Å². The van der Waals surface area contributed by atoms with Crippen LogP contribution in [0, 0.1) is 0 Å². The maximum Gasteiger partial charge on any atom is 0.243 e. The number of carbonyl (C=O) groups excluding carboxylic acids is 2. The van der Waals surface area contributed by atoms with Crippen molar-refractivity contribution in [3.8, 4) is 0 Å². The van der Waals surface area contributed by atoms with Crippen molar-refractivity contribution in [1.82, 2.24) is 5.32 Å². The Morgan fingerprint density at radius 1 is 1.41 bits per heavy atom. The highest BCUT2D eigenvalue weighted by Crippen LogP contribution is 2.17. The van der Waals surface area contributed by atoms with Crippen LogP contribution < -0.4 is 15.7 Å². The van der Waals surface area contributed by atoms with Gasteiger partial charge in [0.2, 0.25) is 5.91 Å². The summed E-state index contributed by atoms with van der Waals surface area (Å²) in [5.41, 5.74) is 0.716. The van der Waals surface area contributed by atoms with E-state index in [0.717, 1.165) is 0 Å².